The van der Waals surface area contributed by atoms with Gasteiger partial charge in [0.15, 0.2) is 5.13 Å². The van der Waals surface area contributed by atoms with Gasteiger partial charge in [0.05, 0.1) is 7.11 Å². The minimum absolute atomic E-state index is 0.0910. The zero-order valence-corrected chi connectivity index (χ0v) is 15.4. The van der Waals surface area contributed by atoms with Gasteiger partial charge in [0, 0.05) is 22.7 Å². The van der Waals surface area contributed by atoms with Crippen LogP contribution >= 0.6 is 11.3 Å². The Balaban J connectivity index is 2.39. The lowest BCUT2D eigenvalue weighted by Crippen LogP contribution is -2.40. The van der Waals surface area contributed by atoms with E-state index in [0.29, 0.717) is 5.13 Å². The maximum absolute atomic E-state index is 12.6. The average molecular weight is 369 g/mol. The molecule has 0 fully saturated rings. The highest BCUT2D eigenvalue weighted by Crippen LogP contribution is 2.26. The minimum atomic E-state index is -3.85. The van der Waals surface area contributed by atoms with E-state index in [-0.39, 0.29) is 16.2 Å². The second-order valence-corrected chi connectivity index (χ2v) is 8.56. The number of rotatable bonds is 5. The van der Waals surface area contributed by atoms with Crippen LogP contribution in [-0.2, 0) is 10.0 Å². The molecule has 0 radical (unpaired) electrons. The van der Waals surface area contributed by atoms with Crippen LogP contribution in [0.5, 0.6) is 5.75 Å². The number of nitrogens with one attached hydrogen (secondary N) is 2. The van der Waals surface area contributed by atoms with Gasteiger partial charge in [-0.3, -0.25) is 10.1 Å². The Labute approximate surface area is 145 Å². The first-order chi connectivity index (χ1) is 11.1. The molecule has 1 aromatic carbocycles. The lowest BCUT2D eigenvalue weighted by molar-refractivity contribution is 0.102. The van der Waals surface area contributed by atoms with Crippen LogP contribution in [0.3, 0.4) is 0 Å². The van der Waals surface area contributed by atoms with E-state index in [1.807, 2.05) is 0 Å². The number of sulfonamides is 1. The van der Waals surface area contributed by atoms with Crippen LogP contribution in [0.2, 0.25) is 0 Å². The first-order valence-corrected chi connectivity index (χ1v) is 9.41. The molecule has 24 heavy (non-hydrogen) atoms. The molecule has 0 spiro atoms. The third-order valence-electron chi connectivity index (χ3n) is 2.81. The number of hydrogen-bond donors (Lipinski definition) is 2. The van der Waals surface area contributed by atoms with Crippen LogP contribution in [0, 0.1) is 0 Å². The Morgan fingerprint density at radius 2 is 2.00 bits per heavy atom. The fraction of sp³-hybridized carbons (Fsp3) is 0.333. The van der Waals surface area contributed by atoms with Gasteiger partial charge in [-0.2, -0.15) is 0 Å². The normalized spacial score (nSPS) is 12.0. The SMILES string of the molecule is COc1ccc(C(=O)Nc2nccs2)cc1S(=O)(=O)NC(C)(C)C. The molecule has 0 bridgehead atoms. The van der Waals surface area contributed by atoms with E-state index in [1.54, 1.807) is 32.3 Å². The van der Waals surface area contributed by atoms with Crippen LogP contribution in [0.4, 0.5) is 5.13 Å². The van der Waals surface area contributed by atoms with Crippen molar-refractivity contribution in [2.24, 2.45) is 0 Å². The summed E-state index contributed by atoms with van der Waals surface area (Å²) in [5.74, 6) is -0.280. The van der Waals surface area contributed by atoms with Crippen molar-refractivity contribution in [3.63, 3.8) is 0 Å². The number of amides is 1. The summed E-state index contributed by atoms with van der Waals surface area (Å²) in [5, 5.41) is 4.78. The van der Waals surface area contributed by atoms with Crippen LogP contribution in [-0.4, -0.2) is 32.0 Å². The summed E-state index contributed by atoms with van der Waals surface area (Å²) in [6, 6.07) is 4.24. The van der Waals surface area contributed by atoms with E-state index in [0.717, 1.165) is 0 Å². The summed E-state index contributed by atoms with van der Waals surface area (Å²) in [7, 11) is -2.47. The summed E-state index contributed by atoms with van der Waals surface area (Å²) in [5.41, 5.74) is -0.469. The molecule has 130 valence electrons. The molecule has 0 atom stereocenters. The first-order valence-electron chi connectivity index (χ1n) is 7.05. The quantitative estimate of drug-likeness (QED) is 0.844. The van der Waals surface area contributed by atoms with Gasteiger partial charge in [-0.05, 0) is 39.0 Å². The molecule has 0 aliphatic heterocycles. The lowest BCUT2D eigenvalue weighted by Gasteiger charge is -2.21. The van der Waals surface area contributed by atoms with Crippen molar-refractivity contribution in [2.75, 3.05) is 12.4 Å². The molecule has 0 saturated heterocycles. The van der Waals surface area contributed by atoms with E-state index in [4.69, 9.17) is 4.74 Å². The Hall–Kier alpha value is -1.97. The number of aromatic nitrogens is 1. The fourth-order valence-electron chi connectivity index (χ4n) is 1.94. The van der Waals surface area contributed by atoms with Crippen molar-refractivity contribution >= 4 is 32.4 Å². The molecular weight excluding hydrogens is 350 g/mol. The van der Waals surface area contributed by atoms with Crippen molar-refractivity contribution in [1.82, 2.24) is 9.71 Å². The van der Waals surface area contributed by atoms with E-state index in [1.165, 1.54) is 36.6 Å². The summed E-state index contributed by atoms with van der Waals surface area (Å²) in [6.45, 7) is 5.20. The van der Waals surface area contributed by atoms with Crippen molar-refractivity contribution < 1.29 is 17.9 Å². The standard InChI is InChI=1S/C15H19N3O4S2/c1-15(2,3)18-24(20,21)12-9-10(5-6-11(12)22-4)13(19)17-14-16-7-8-23-14/h5-9,18H,1-4H3,(H,16,17,19). The van der Waals surface area contributed by atoms with E-state index >= 15 is 0 Å². The van der Waals surface area contributed by atoms with E-state index in [2.05, 4.69) is 15.0 Å². The van der Waals surface area contributed by atoms with Crippen molar-refractivity contribution in [3.05, 3.63) is 35.3 Å². The van der Waals surface area contributed by atoms with E-state index in [9.17, 15) is 13.2 Å². The van der Waals surface area contributed by atoms with Gasteiger partial charge < -0.3 is 4.74 Å². The summed E-state index contributed by atoms with van der Waals surface area (Å²) in [6.07, 6.45) is 1.57. The van der Waals surface area contributed by atoms with E-state index < -0.39 is 21.5 Å². The second-order valence-electron chi connectivity index (χ2n) is 6.01. The van der Waals surface area contributed by atoms with Gasteiger partial charge in [0.1, 0.15) is 10.6 Å². The molecule has 2 aromatic rings. The van der Waals surface area contributed by atoms with Gasteiger partial charge >= 0.3 is 0 Å². The number of methoxy groups -OCH3 is 1. The topological polar surface area (TPSA) is 97.4 Å². The summed E-state index contributed by atoms with van der Waals surface area (Å²) in [4.78, 5) is 16.2. The highest BCUT2D eigenvalue weighted by molar-refractivity contribution is 7.89. The number of thiazole rings is 1. The fourth-order valence-corrected chi connectivity index (χ4v) is 4.08. The molecular formula is C15H19N3O4S2. The third-order valence-corrected chi connectivity index (χ3v) is 5.28. The highest BCUT2D eigenvalue weighted by Gasteiger charge is 2.26. The van der Waals surface area contributed by atoms with Gasteiger partial charge in [-0.25, -0.2) is 18.1 Å². The third kappa shape index (κ3) is 4.53. The molecule has 0 aliphatic carbocycles. The maximum Gasteiger partial charge on any atom is 0.257 e. The molecule has 1 heterocycles. The molecule has 0 aliphatic rings. The Bertz CT molecular complexity index is 825. The van der Waals surface area contributed by atoms with Crippen molar-refractivity contribution in [3.8, 4) is 5.75 Å². The van der Waals surface area contributed by atoms with Crippen molar-refractivity contribution in [2.45, 2.75) is 31.2 Å². The number of hydrogen-bond acceptors (Lipinski definition) is 6. The molecule has 1 amide bonds. The lowest BCUT2D eigenvalue weighted by atomic mass is 10.1. The molecule has 2 N–H and O–H groups in total. The molecule has 7 nitrogen and oxygen atoms in total. The average Bonchev–Trinajstić information content (AvgIpc) is 2.97. The maximum atomic E-state index is 12.6. The summed E-state index contributed by atoms with van der Waals surface area (Å²) >= 11 is 1.27. The first kappa shape index (κ1) is 18.4. The molecule has 1 aromatic heterocycles. The number of benzene rings is 1. The second kappa shape index (κ2) is 6.88. The van der Waals surface area contributed by atoms with Crippen LogP contribution in [0.1, 0.15) is 31.1 Å². The van der Waals surface area contributed by atoms with Gasteiger partial charge in [0.25, 0.3) is 5.91 Å². The number of ether oxygens (including phenoxy) is 1. The predicted octanol–water partition coefficient (Wildman–Crippen LogP) is 2.48. The number of anilines is 1. The van der Waals surface area contributed by atoms with Gasteiger partial charge in [-0.1, -0.05) is 0 Å². The zero-order valence-electron chi connectivity index (χ0n) is 13.8. The summed E-state index contributed by atoms with van der Waals surface area (Å²) < 4.78 is 32.8. The number of nitrogens with zero attached hydrogens (tertiary/aromatic N) is 1. The predicted molar refractivity (Wildman–Crippen MR) is 93.1 cm³/mol. The molecule has 9 heteroatoms. The van der Waals surface area contributed by atoms with Crippen LogP contribution in [0.25, 0.3) is 0 Å². The number of carbonyl (C=O) groups excluding carboxylic acids is 1. The zero-order chi connectivity index (χ0) is 18.0. The monoisotopic (exact) mass is 369 g/mol. The van der Waals surface area contributed by atoms with Crippen LogP contribution in [0.15, 0.2) is 34.7 Å². The Kier molecular flexibility index (Phi) is 5.26. The number of carbonyl (C=O) groups is 1. The molecule has 2 rings (SSSR count). The Morgan fingerprint density at radius 3 is 2.54 bits per heavy atom. The van der Waals surface area contributed by atoms with Crippen LogP contribution < -0.4 is 14.8 Å². The van der Waals surface area contributed by atoms with Gasteiger partial charge in [-0.15, -0.1) is 11.3 Å². The van der Waals surface area contributed by atoms with Crippen molar-refractivity contribution in [1.29, 1.82) is 0 Å². The molecule has 0 saturated carbocycles. The largest absolute Gasteiger partial charge is 0.495 e. The molecule has 0 unspecified atom stereocenters. The smallest absolute Gasteiger partial charge is 0.257 e. The minimum Gasteiger partial charge on any atom is -0.495 e. The van der Waals surface area contributed by atoms with Gasteiger partial charge in [0.2, 0.25) is 10.0 Å². The highest BCUT2D eigenvalue weighted by atomic mass is 32.2. The Morgan fingerprint density at radius 1 is 1.29 bits per heavy atom.